The van der Waals surface area contributed by atoms with Crippen LogP contribution in [0.4, 0.5) is 16.2 Å². The minimum Gasteiger partial charge on any atom is -0.497 e. The molecule has 0 unspecified atom stereocenters. The summed E-state index contributed by atoms with van der Waals surface area (Å²) in [5, 5.41) is 0. The number of hydrogen-bond acceptors (Lipinski definition) is 6. The molecule has 2 aliphatic heterocycles. The Morgan fingerprint density at radius 1 is 0.811 bits per heavy atom. The number of anilines is 1. The van der Waals surface area contributed by atoms with Crippen LogP contribution in [0.1, 0.15) is 67.3 Å². The normalized spacial score (nSPS) is 18.1. The summed E-state index contributed by atoms with van der Waals surface area (Å²) in [6.45, 7) is 6.35. The molecule has 8 heteroatoms. The molecular weight excluding hydrogens is 663 g/mol. The molecule has 53 heavy (non-hydrogen) atoms. The van der Waals surface area contributed by atoms with E-state index in [-0.39, 0.29) is 18.2 Å². The molecule has 8 nitrogen and oxygen atoms in total. The summed E-state index contributed by atoms with van der Waals surface area (Å²) in [5.74, 6) is 0.931. The molecule has 0 N–H and O–H groups in total. The van der Waals surface area contributed by atoms with Crippen LogP contribution in [0, 0.1) is 0 Å². The molecule has 0 bridgehead atoms. The van der Waals surface area contributed by atoms with Crippen LogP contribution in [0.25, 0.3) is 0 Å². The van der Waals surface area contributed by atoms with Gasteiger partial charge in [-0.2, -0.15) is 0 Å². The number of carbonyl (C=O) groups is 2. The number of para-hydroxylation sites is 2. The van der Waals surface area contributed by atoms with Crippen LogP contribution < -0.4 is 14.4 Å². The van der Waals surface area contributed by atoms with Gasteiger partial charge in [0.05, 0.1) is 36.8 Å². The Hall–Kier alpha value is -5.89. The average molecular weight is 708 g/mol. The number of carbonyl (C=O) groups excluding carboxylic acids is 2. The molecule has 0 radical (unpaired) electrons. The van der Waals surface area contributed by atoms with Crippen molar-refractivity contribution < 1.29 is 23.8 Å². The summed E-state index contributed by atoms with van der Waals surface area (Å²) in [4.78, 5) is 38.3. The molecule has 7 rings (SSSR count). The van der Waals surface area contributed by atoms with Gasteiger partial charge in [-0.15, -0.1) is 0 Å². The number of hydrogen-bond donors (Lipinski definition) is 0. The molecule has 2 amide bonds. The van der Waals surface area contributed by atoms with Crippen molar-refractivity contribution in [3.8, 4) is 11.5 Å². The summed E-state index contributed by atoms with van der Waals surface area (Å²) in [5.41, 5.74) is 5.10. The quantitative estimate of drug-likeness (QED) is 0.150. The summed E-state index contributed by atoms with van der Waals surface area (Å²) < 4.78 is 17.4. The van der Waals surface area contributed by atoms with Crippen LogP contribution in [0.2, 0.25) is 0 Å². The molecule has 0 spiro atoms. The third-order valence-corrected chi connectivity index (χ3v) is 10.2. The zero-order valence-corrected chi connectivity index (χ0v) is 30.9. The second-order valence-corrected chi connectivity index (χ2v) is 14.5. The van der Waals surface area contributed by atoms with Gasteiger partial charge in [0.25, 0.3) is 0 Å². The Morgan fingerprint density at radius 2 is 1.45 bits per heavy atom. The van der Waals surface area contributed by atoms with E-state index in [9.17, 15) is 9.59 Å². The monoisotopic (exact) mass is 707 g/mol. The van der Waals surface area contributed by atoms with Crippen LogP contribution in [-0.4, -0.2) is 49.0 Å². The van der Waals surface area contributed by atoms with Gasteiger partial charge in [0.15, 0.2) is 0 Å². The Bertz CT molecular complexity index is 2100. The van der Waals surface area contributed by atoms with Gasteiger partial charge in [-0.3, -0.25) is 9.69 Å². The number of ether oxygens (including phenoxy) is 3. The summed E-state index contributed by atoms with van der Waals surface area (Å²) in [7, 11) is 3.23. The fraction of sp³-hybridized carbons (Fsp3) is 0.267. The molecule has 5 aromatic carbocycles. The first-order chi connectivity index (χ1) is 25.6. The highest BCUT2D eigenvalue weighted by Crippen LogP contribution is 2.59. The second kappa shape index (κ2) is 14.6. The van der Waals surface area contributed by atoms with Gasteiger partial charge in [-0.1, -0.05) is 97.1 Å². The highest BCUT2D eigenvalue weighted by atomic mass is 16.6. The zero-order valence-electron chi connectivity index (χ0n) is 30.9. The Labute approximate surface area is 311 Å². The van der Waals surface area contributed by atoms with Gasteiger partial charge < -0.3 is 19.1 Å². The van der Waals surface area contributed by atoms with Gasteiger partial charge >= 0.3 is 6.09 Å². The maximum Gasteiger partial charge on any atom is 0.415 e. The SMILES string of the molecule is COc1ccc(CN2CC[C@]3(c4ccccc4N=C(c4ccccc4)c4ccccc4)[C@H](CC2=O)c2ccccc2N3C(=O)OC(C)(C)C)c(OC)c1. The highest BCUT2D eigenvalue weighted by Gasteiger charge is 2.58. The topological polar surface area (TPSA) is 80.7 Å². The van der Waals surface area contributed by atoms with Crippen molar-refractivity contribution in [1.82, 2.24) is 4.90 Å². The lowest BCUT2D eigenvalue weighted by molar-refractivity contribution is -0.131. The predicted octanol–water partition coefficient (Wildman–Crippen LogP) is 9.43. The van der Waals surface area contributed by atoms with Crippen molar-refractivity contribution in [3.63, 3.8) is 0 Å². The van der Waals surface area contributed by atoms with Crippen molar-refractivity contribution in [2.24, 2.45) is 4.99 Å². The van der Waals surface area contributed by atoms with E-state index in [1.54, 1.807) is 14.2 Å². The van der Waals surface area contributed by atoms with Crippen LogP contribution in [0.15, 0.2) is 132 Å². The van der Waals surface area contributed by atoms with E-state index >= 15 is 0 Å². The zero-order chi connectivity index (χ0) is 37.2. The lowest BCUT2D eigenvalue weighted by atomic mass is 9.73. The Balaban J connectivity index is 1.43. The number of rotatable bonds is 8. The van der Waals surface area contributed by atoms with E-state index in [1.165, 1.54) is 0 Å². The maximum atomic E-state index is 14.7. The van der Waals surface area contributed by atoms with E-state index in [2.05, 4.69) is 30.3 Å². The molecule has 5 aromatic rings. The molecule has 0 aromatic heterocycles. The van der Waals surface area contributed by atoms with Crippen molar-refractivity contribution >= 4 is 29.1 Å². The van der Waals surface area contributed by atoms with Crippen molar-refractivity contribution in [1.29, 1.82) is 0 Å². The Morgan fingerprint density at radius 3 is 2.11 bits per heavy atom. The number of likely N-dealkylation sites (tertiary alicyclic amines) is 1. The van der Waals surface area contributed by atoms with Gasteiger partial charge in [0, 0.05) is 53.7 Å². The van der Waals surface area contributed by atoms with Crippen LogP contribution >= 0.6 is 0 Å². The summed E-state index contributed by atoms with van der Waals surface area (Å²) in [6, 6.07) is 41.9. The summed E-state index contributed by atoms with van der Waals surface area (Å²) >= 11 is 0. The second-order valence-electron chi connectivity index (χ2n) is 14.5. The average Bonchev–Trinajstić information content (AvgIpc) is 3.36. The van der Waals surface area contributed by atoms with Gasteiger partial charge in [0.2, 0.25) is 5.91 Å². The molecule has 2 atom stereocenters. The highest BCUT2D eigenvalue weighted by molar-refractivity contribution is 6.14. The van der Waals surface area contributed by atoms with Crippen LogP contribution in [0.3, 0.4) is 0 Å². The minimum atomic E-state index is -1.01. The van der Waals surface area contributed by atoms with Crippen molar-refractivity contribution in [2.45, 2.75) is 57.2 Å². The number of fused-ring (bicyclic) bond motifs is 3. The first-order valence-corrected chi connectivity index (χ1v) is 18.0. The van der Waals surface area contributed by atoms with Gasteiger partial charge in [-0.25, -0.2) is 9.79 Å². The smallest absolute Gasteiger partial charge is 0.415 e. The molecule has 2 heterocycles. The van der Waals surface area contributed by atoms with Crippen molar-refractivity contribution in [3.05, 3.63) is 155 Å². The van der Waals surface area contributed by atoms with Crippen molar-refractivity contribution in [2.75, 3.05) is 25.7 Å². The predicted molar refractivity (Wildman–Crippen MR) is 208 cm³/mol. The minimum absolute atomic E-state index is 0.00849. The lowest BCUT2D eigenvalue weighted by Gasteiger charge is -2.43. The number of methoxy groups -OCH3 is 2. The fourth-order valence-electron chi connectivity index (χ4n) is 7.82. The number of aliphatic imine (C=N–C) groups is 1. The molecule has 1 fully saturated rings. The molecule has 270 valence electrons. The standard InChI is InChI=1S/C45H45N3O5/c1-44(2,3)53-43(50)48-39-23-15-12-20-35(39)37-29-41(49)47(30-33-24-25-34(51-4)28-40(33)52-5)27-26-45(37,48)36-21-13-14-22-38(36)46-42(31-16-8-6-9-17-31)32-18-10-7-11-19-32/h6-25,28,37H,26-27,29-30H2,1-5H3/t37-,45+/m1/s1. The fourth-order valence-corrected chi connectivity index (χ4v) is 7.82. The van der Waals surface area contributed by atoms with Crippen LogP contribution in [0.5, 0.6) is 11.5 Å². The van der Waals surface area contributed by atoms with E-state index in [1.807, 2.05) is 128 Å². The van der Waals surface area contributed by atoms with E-state index in [0.717, 1.165) is 44.9 Å². The van der Waals surface area contributed by atoms with Crippen LogP contribution in [-0.2, 0) is 21.6 Å². The van der Waals surface area contributed by atoms with E-state index in [0.29, 0.717) is 31.0 Å². The Kier molecular flexibility index (Phi) is 9.80. The largest absolute Gasteiger partial charge is 0.497 e. The molecule has 1 saturated heterocycles. The van der Waals surface area contributed by atoms with E-state index < -0.39 is 17.2 Å². The number of nitrogens with zero attached hydrogens (tertiary/aromatic N) is 3. The lowest BCUT2D eigenvalue weighted by Crippen LogP contribution is -2.51. The molecular formula is C45H45N3O5. The molecule has 2 aliphatic rings. The first kappa shape index (κ1) is 35.5. The molecule has 0 saturated carbocycles. The number of benzene rings is 5. The van der Waals surface area contributed by atoms with Gasteiger partial charge in [0.1, 0.15) is 17.1 Å². The molecule has 0 aliphatic carbocycles. The number of amides is 2. The van der Waals surface area contributed by atoms with Gasteiger partial charge in [-0.05, 0) is 57.0 Å². The summed E-state index contributed by atoms with van der Waals surface area (Å²) in [6.07, 6.45) is 0.154. The maximum absolute atomic E-state index is 14.7. The first-order valence-electron chi connectivity index (χ1n) is 18.0. The third kappa shape index (κ3) is 6.89. The third-order valence-electron chi connectivity index (χ3n) is 10.2. The van der Waals surface area contributed by atoms with E-state index in [4.69, 9.17) is 19.2 Å².